The number of aromatic nitrogens is 5. The molecule has 0 radical (unpaired) electrons. The number of rotatable bonds is 4. The Balaban J connectivity index is 1.60. The molecule has 4 rings (SSSR count). The average Bonchev–Trinajstić information content (AvgIpc) is 3.29. The molecule has 1 amide bonds. The first kappa shape index (κ1) is 15.3. The van der Waals surface area contributed by atoms with Gasteiger partial charge in [0.1, 0.15) is 5.69 Å². The smallest absolute Gasteiger partial charge is 0.272 e. The molecule has 0 saturated heterocycles. The molecular formula is C17H13ClN6O. The summed E-state index contributed by atoms with van der Waals surface area (Å²) in [6, 6.07) is 9.11. The monoisotopic (exact) mass is 352 g/mol. The van der Waals surface area contributed by atoms with Gasteiger partial charge in [-0.15, -0.1) is 0 Å². The van der Waals surface area contributed by atoms with Crippen molar-refractivity contribution in [3.63, 3.8) is 0 Å². The summed E-state index contributed by atoms with van der Waals surface area (Å²) >= 11 is 5.86. The standard InChI is InChI=1S/C17H13ClN6O/c18-11-3-1-10(2-4-11)7-21-17(25)16-15-12(5-6-20-16)14(23-24-15)13-8-19-9-22-13/h1-6,8-9H,7H2,(H,19,22)(H,21,25)(H,23,24). The minimum Gasteiger partial charge on any atom is -0.347 e. The second-order valence-corrected chi connectivity index (χ2v) is 5.87. The Hall–Kier alpha value is -3.19. The molecule has 3 heterocycles. The number of aromatic amines is 2. The molecule has 0 aliphatic heterocycles. The molecule has 124 valence electrons. The Morgan fingerprint density at radius 2 is 2.04 bits per heavy atom. The molecule has 1 aromatic carbocycles. The average molecular weight is 353 g/mol. The van der Waals surface area contributed by atoms with Gasteiger partial charge in [-0.1, -0.05) is 23.7 Å². The normalized spacial score (nSPS) is 10.9. The van der Waals surface area contributed by atoms with E-state index in [1.165, 1.54) is 0 Å². The highest BCUT2D eigenvalue weighted by Crippen LogP contribution is 2.25. The third-order valence-corrected chi connectivity index (χ3v) is 4.07. The Bertz CT molecular complexity index is 1020. The Morgan fingerprint density at radius 3 is 2.80 bits per heavy atom. The van der Waals surface area contributed by atoms with Crippen LogP contribution in [0.1, 0.15) is 16.1 Å². The fourth-order valence-corrected chi connectivity index (χ4v) is 2.70. The number of nitrogens with one attached hydrogen (secondary N) is 3. The van der Waals surface area contributed by atoms with Crippen molar-refractivity contribution in [2.75, 3.05) is 0 Å². The maximum absolute atomic E-state index is 12.5. The van der Waals surface area contributed by atoms with Crippen LogP contribution in [0.4, 0.5) is 0 Å². The maximum atomic E-state index is 12.5. The van der Waals surface area contributed by atoms with Crippen LogP contribution in [0.2, 0.25) is 5.02 Å². The van der Waals surface area contributed by atoms with E-state index in [1.807, 2.05) is 18.2 Å². The maximum Gasteiger partial charge on any atom is 0.272 e. The zero-order valence-electron chi connectivity index (χ0n) is 13.0. The van der Waals surface area contributed by atoms with E-state index in [0.29, 0.717) is 28.5 Å². The third-order valence-electron chi connectivity index (χ3n) is 3.82. The number of carbonyl (C=O) groups excluding carboxylic acids is 1. The molecule has 0 spiro atoms. The van der Waals surface area contributed by atoms with Gasteiger partial charge < -0.3 is 10.3 Å². The zero-order valence-corrected chi connectivity index (χ0v) is 13.7. The van der Waals surface area contributed by atoms with Crippen LogP contribution in [0.5, 0.6) is 0 Å². The van der Waals surface area contributed by atoms with Crippen LogP contribution < -0.4 is 5.32 Å². The number of benzene rings is 1. The van der Waals surface area contributed by atoms with E-state index in [-0.39, 0.29) is 5.91 Å². The van der Waals surface area contributed by atoms with E-state index >= 15 is 0 Å². The van der Waals surface area contributed by atoms with Crippen molar-refractivity contribution in [2.45, 2.75) is 6.54 Å². The number of hydrogen-bond acceptors (Lipinski definition) is 4. The summed E-state index contributed by atoms with van der Waals surface area (Å²) in [6.07, 6.45) is 4.85. The molecule has 25 heavy (non-hydrogen) atoms. The number of amides is 1. The van der Waals surface area contributed by atoms with Crippen LogP contribution >= 0.6 is 11.6 Å². The summed E-state index contributed by atoms with van der Waals surface area (Å²) in [7, 11) is 0. The number of H-pyrrole nitrogens is 2. The van der Waals surface area contributed by atoms with Crippen molar-refractivity contribution in [3.05, 3.63) is 65.3 Å². The number of halogens is 1. The molecule has 0 aliphatic carbocycles. The molecule has 0 saturated carbocycles. The molecule has 3 aromatic heterocycles. The first-order valence-electron chi connectivity index (χ1n) is 7.57. The lowest BCUT2D eigenvalue weighted by Crippen LogP contribution is -2.24. The molecular weight excluding hydrogens is 340 g/mol. The van der Waals surface area contributed by atoms with Crippen molar-refractivity contribution in [1.29, 1.82) is 0 Å². The summed E-state index contributed by atoms with van der Waals surface area (Å²) in [5.41, 5.74) is 3.30. The lowest BCUT2D eigenvalue weighted by atomic mass is 10.1. The molecule has 0 bridgehead atoms. The number of nitrogens with zero attached hydrogens (tertiary/aromatic N) is 3. The fourth-order valence-electron chi connectivity index (χ4n) is 2.58. The topological polar surface area (TPSA) is 99.3 Å². The van der Waals surface area contributed by atoms with Gasteiger partial charge in [0.2, 0.25) is 0 Å². The highest BCUT2D eigenvalue weighted by Gasteiger charge is 2.17. The molecule has 0 fully saturated rings. The molecule has 0 atom stereocenters. The van der Waals surface area contributed by atoms with Gasteiger partial charge in [-0.25, -0.2) is 9.97 Å². The molecule has 0 aliphatic rings. The van der Waals surface area contributed by atoms with Gasteiger partial charge in [0.25, 0.3) is 5.91 Å². The Morgan fingerprint density at radius 1 is 1.20 bits per heavy atom. The van der Waals surface area contributed by atoms with Gasteiger partial charge in [-0.3, -0.25) is 9.89 Å². The lowest BCUT2D eigenvalue weighted by molar-refractivity contribution is 0.0947. The SMILES string of the molecule is O=C(NCc1ccc(Cl)cc1)c1nccc2c(-c3cnc[nH]3)n[nH]c12. The number of imidazole rings is 1. The van der Waals surface area contributed by atoms with Gasteiger partial charge in [-0.2, -0.15) is 5.10 Å². The van der Waals surface area contributed by atoms with Crippen LogP contribution in [0.15, 0.2) is 49.1 Å². The van der Waals surface area contributed by atoms with Gasteiger partial charge in [-0.05, 0) is 23.8 Å². The minimum atomic E-state index is -0.277. The van der Waals surface area contributed by atoms with E-state index in [1.54, 1.807) is 30.9 Å². The summed E-state index contributed by atoms with van der Waals surface area (Å²) < 4.78 is 0. The molecule has 7 nitrogen and oxygen atoms in total. The van der Waals surface area contributed by atoms with Crippen LogP contribution in [0, 0.1) is 0 Å². The summed E-state index contributed by atoms with van der Waals surface area (Å²) in [4.78, 5) is 23.7. The first-order valence-corrected chi connectivity index (χ1v) is 7.94. The number of pyridine rings is 1. The highest BCUT2D eigenvalue weighted by atomic mass is 35.5. The lowest BCUT2D eigenvalue weighted by Gasteiger charge is -2.06. The minimum absolute atomic E-state index is 0.277. The van der Waals surface area contributed by atoms with Crippen molar-refractivity contribution in [3.8, 4) is 11.4 Å². The second-order valence-electron chi connectivity index (χ2n) is 5.43. The molecule has 8 heteroatoms. The van der Waals surface area contributed by atoms with Crippen LogP contribution in [-0.4, -0.2) is 31.1 Å². The third kappa shape index (κ3) is 2.97. The largest absolute Gasteiger partial charge is 0.347 e. The van der Waals surface area contributed by atoms with Gasteiger partial charge >= 0.3 is 0 Å². The second kappa shape index (κ2) is 6.37. The van der Waals surface area contributed by atoms with E-state index in [9.17, 15) is 4.79 Å². The van der Waals surface area contributed by atoms with Crippen LogP contribution in [0.3, 0.4) is 0 Å². The number of carbonyl (C=O) groups is 1. The summed E-state index contributed by atoms with van der Waals surface area (Å²) in [5.74, 6) is -0.277. The quantitative estimate of drug-likeness (QED) is 0.525. The van der Waals surface area contributed by atoms with E-state index < -0.39 is 0 Å². The van der Waals surface area contributed by atoms with Gasteiger partial charge in [0, 0.05) is 23.2 Å². The van der Waals surface area contributed by atoms with Crippen LogP contribution in [-0.2, 0) is 6.54 Å². The molecule has 4 aromatic rings. The molecule has 0 unspecified atom stereocenters. The van der Waals surface area contributed by atoms with Gasteiger partial charge in [0.05, 0.1) is 23.7 Å². The Kier molecular flexibility index (Phi) is 3.91. The van der Waals surface area contributed by atoms with E-state index in [4.69, 9.17) is 11.6 Å². The van der Waals surface area contributed by atoms with Crippen molar-refractivity contribution in [2.24, 2.45) is 0 Å². The Labute approximate surface area is 147 Å². The fraction of sp³-hybridized carbons (Fsp3) is 0.0588. The van der Waals surface area contributed by atoms with E-state index in [2.05, 4.69) is 30.5 Å². The summed E-state index contributed by atoms with van der Waals surface area (Å²) in [5, 5.41) is 11.5. The van der Waals surface area contributed by atoms with Crippen LogP contribution in [0.25, 0.3) is 22.3 Å². The zero-order chi connectivity index (χ0) is 17.2. The highest BCUT2D eigenvalue weighted by molar-refractivity contribution is 6.30. The predicted molar refractivity (Wildman–Crippen MR) is 94.1 cm³/mol. The van der Waals surface area contributed by atoms with Gasteiger partial charge in [0.15, 0.2) is 5.69 Å². The van der Waals surface area contributed by atoms with E-state index in [0.717, 1.165) is 16.6 Å². The predicted octanol–water partition coefficient (Wildman–Crippen LogP) is 2.93. The number of fused-ring (bicyclic) bond motifs is 1. The van der Waals surface area contributed by atoms with Crippen molar-refractivity contribution >= 4 is 28.4 Å². The molecule has 3 N–H and O–H groups in total. The van der Waals surface area contributed by atoms with Crippen molar-refractivity contribution in [1.82, 2.24) is 30.5 Å². The van der Waals surface area contributed by atoms with Crippen molar-refractivity contribution < 1.29 is 4.79 Å². The summed E-state index contributed by atoms with van der Waals surface area (Å²) in [6.45, 7) is 0.385. The number of hydrogen-bond donors (Lipinski definition) is 3. The first-order chi connectivity index (χ1) is 12.2.